The monoisotopic (exact) mass is 318 g/mol. The molecule has 0 saturated heterocycles. The molecule has 0 aliphatic heterocycles. The molecule has 0 aromatic heterocycles. The Labute approximate surface area is 135 Å². The number of carbonyl (C=O) groups is 1. The highest BCUT2D eigenvalue weighted by molar-refractivity contribution is 7.99. The van der Waals surface area contributed by atoms with Gasteiger partial charge in [0.1, 0.15) is 0 Å². The Morgan fingerprint density at radius 3 is 2.52 bits per heavy atom. The number of ether oxygens (including phenoxy) is 1. The first kappa shape index (κ1) is 20.7. The van der Waals surface area contributed by atoms with Gasteiger partial charge >= 0.3 is 0 Å². The molecule has 0 aromatic carbocycles. The Morgan fingerprint density at radius 2 is 1.86 bits per heavy atom. The summed E-state index contributed by atoms with van der Waals surface area (Å²) < 4.78 is 5.50. The van der Waals surface area contributed by atoms with E-state index in [0.717, 1.165) is 39.0 Å². The number of unbranched alkanes of at least 4 members (excludes halogenated alkanes) is 2. The largest absolute Gasteiger partial charge is 0.379 e. The van der Waals surface area contributed by atoms with Crippen LogP contribution in [0.5, 0.6) is 0 Å². The van der Waals surface area contributed by atoms with Crippen molar-refractivity contribution in [3.8, 4) is 0 Å². The van der Waals surface area contributed by atoms with Gasteiger partial charge in [-0.2, -0.15) is 11.8 Å². The Kier molecular flexibility index (Phi) is 14.5. The van der Waals surface area contributed by atoms with Gasteiger partial charge in [-0.05, 0) is 58.7 Å². The standard InChI is InChI=1S/C16H34N2O2S/c1-15(2)20-12-8-14-21-13-7-5-6-9-16(19)17-10-11-18(3)4/h15H,5-14H2,1-4H3,(H,17,19). The van der Waals surface area contributed by atoms with Gasteiger partial charge in [0, 0.05) is 26.1 Å². The third kappa shape index (κ3) is 17.7. The number of carbonyl (C=O) groups excluding carboxylic acids is 1. The van der Waals surface area contributed by atoms with Crippen molar-refractivity contribution in [2.24, 2.45) is 0 Å². The van der Waals surface area contributed by atoms with E-state index in [4.69, 9.17) is 4.74 Å². The molecule has 0 bridgehead atoms. The molecule has 4 nitrogen and oxygen atoms in total. The van der Waals surface area contributed by atoms with E-state index in [2.05, 4.69) is 24.1 Å². The highest BCUT2D eigenvalue weighted by Crippen LogP contribution is 2.09. The minimum atomic E-state index is 0.190. The van der Waals surface area contributed by atoms with Gasteiger partial charge in [-0.3, -0.25) is 4.79 Å². The zero-order valence-electron chi connectivity index (χ0n) is 14.3. The highest BCUT2D eigenvalue weighted by Gasteiger charge is 2.01. The third-order valence-electron chi connectivity index (χ3n) is 2.96. The second kappa shape index (κ2) is 14.7. The molecule has 1 N–H and O–H groups in total. The van der Waals surface area contributed by atoms with Crippen LogP contribution >= 0.6 is 11.8 Å². The number of thioether (sulfide) groups is 1. The summed E-state index contributed by atoms with van der Waals surface area (Å²) in [4.78, 5) is 13.6. The van der Waals surface area contributed by atoms with Gasteiger partial charge in [-0.15, -0.1) is 0 Å². The normalized spacial score (nSPS) is 11.3. The topological polar surface area (TPSA) is 41.6 Å². The Hall–Kier alpha value is -0.260. The van der Waals surface area contributed by atoms with Crippen molar-refractivity contribution < 1.29 is 9.53 Å². The van der Waals surface area contributed by atoms with Crippen molar-refractivity contribution in [1.29, 1.82) is 0 Å². The van der Waals surface area contributed by atoms with Gasteiger partial charge < -0.3 is 15.0 Å². The fourth-order valence-corrected chi connectivity index (χ4v) is 2.69. The lowest BCUT2D eigenvalue weighted by Crippen LogP contribution is -2.31. The number of nitrogens with one attached hydrogen (secondary N) is 1. The molecular weight excluding hydrogens is 284 g/mol. The molecule has 0 aromatic rings. The van der Waals surface area contributed by atoms with Gasteiger partial charge in [0.2, 0.25) is 5.91 Å². The fraction of sp³-hybridized carbons (Fsp3) is 0.938. The summed E-state index contributed by atoms with van der Waals surface area (Å²) in [6.07, 6.45) is 5.51. The Bertz CT molecular complexity index is 248. The summed E-state index contributed by atoms with van der Waals surface area (Å²) in [5, 5.41) is 2.95. The minimum absolute atomic E-state index is 0.190. The van der Waals surface area contributed by atoms with Gasteiger partial charge in [-0.25, -0.2) is 0 Å². The van der Waals surface area contributed by atoms with Crippen LogP contribution in [0.25, 0.3) is 0 Å². The smallest absolute Gasteiger partial charge is 0.220 e. The third-order valence-corrected chi connectivity index (χ3v) is 4.11. The first-order valence-electron chi connectivity index (χ1n) is 8.13. The number of hydrogen-bond donors (Lipinski definition) is 1. The average Bonchev–Trinajstić information content (AvgIpc) is 2.40. The van der Waals surface area contributed by atoms with Crippen molar-refractivity contribution >= 4 is 17.7 Å². The summed E-state index contributed by atoms with van der Waals surface area (Å²) in [6, 6.07) is 0. The molecule has 0 heterocycles. The van der Waals surface area contributed by atoms with Crippen LogP contribution in [0.1, 0.15) is 46.0 Å². The predicted molar refractivity (Wildman–Crippen MR) is 93.1 cm³/mol. The van der Waals surface area contributed by atoms with E-state index in [1.54, 1.807) is 0 Å². The average molecular weight is 319 g/mol. The number of hydrogen-bond acceptors (Lipinski definition) is 4. The number of rotatable bonds is 14. The molecule has 0 aliphatic rings. The van der Waals surface area contributed by atoms with Crippen LogP contribution in [0, 0.1) is 0 Å². The molecule has 0 saturated carbocycles. The first-order valence-corrected chi connectivity index (χ1v) is 9.28. The van der Waals surface area contributed by atoms with Crippen LogP contribution in [0.15, 0.2) is 0 Å². The molecule has 21 heavy (non-hydrogen) atoms. The summed E-state index contributed by atoms with van der Waals surface area (Å²) in [7, 11) is 4.03. The number of nitrogens with zero attached hydrogens (tertiary/aromatic N) is 1. The molecule has 0 fully saturated rings. The molecule has 0 radical (unpaired) electrons. The number of amides is 1. The molecule has 1 amide bonds. The number of likely N-dealkylation sites (N-methyl/N-ethyl adjacent to an activating group) is 1. The summed E-state index contributed by atoms with van der Waals surface area (Å²) in [5.41, 5.74) is 0. The van der Waals surface area contributed by atoms with Crippen molar-refractivity contribution in [3.05, 3.63) is 0 Å². The van der Waals surface area contributed by atoms with Gasteiger partial charge in [0.15, 0.2) is 0 Å². The summed E-state index contributed by atoms with van der Waals surface area (Å²) in [5.74, 6) is 2.57. The molecule has 0 unspecified atom stereocenters. The molecular formula is C16H34N2O2S. The van der Waals surface area contributed by atoms with E-state index in [9.17, 15) is 4.79 Å². The molecule has 0 spiro atoms. The van der Waals surface area contributed by atoms with E-state index >= 15 is 0 Å². The Balaban J connectivity index is 3.16. The minimum Gasteiger partial charge on any atom is -0.379 e. The molecule has 0 atom stereocenters. The predicted octanol–water partition coefficient (Wildman–Crippen LogP) is 2.77. The second-order valence-corrected chi connectivity index (χ2v) is 7.07. The van der Waals surface area contributed by atoms with E-state index in [1.165, 1.54) is 17.9 Å². The van der Waals surface area contributed by atoms with Crippen LogP contribution in [0.2, 0.25) is 0 Å². The highest BCUT2D eigenvalue weighted by atomic mass is 32.2. The van der Waals surface area contributed by atoms with Crippen LogP contribution < -0.4 is 5.32 Å². The lowest BCUT2D eigenvalue weighted by Gasteiger charge is -2.10. The van der Waals surface area contributed by atoms with E-state index in [0.29, 0.717) is 12.5 Å². The van der Waals surface area contributed by atoms with Crippen LogP contribution in [0.3, 0.4) is 0 Å². The van der Waals surface area contributed by atoms with Crippen molar-refractivity contribution in [1.82, 2.24) is 10.2 Å². The molecule has 0 rings (SSSR count). The summed E-state index contributed by atoms with van der Waals surface area (Å²) >= 11 is 1.99. The zero-order chi connectivity index (χ0) is 15.9. The lowest BCUT2D eigenvalue weighted by atomic mass is 10.2. The van der Waals surface area contributed by atoms with Crippen LogP contribution in [0.4, 0.5) is 0 Å². The van der Waals surface area contributed by atoms with Gasteiger partial charge in [-0.1, -0.05) is 6.42 Å². The van der Waals surface area contributed by atoms with E-state index in [1.807, 2.05) is 25.9 Å². The maximum atomic E-state index is 11.5. The summed E-state index contributed by atoms with van der Waals surface area (Å²) in [6.45, 7) is 6.68. The molecule has 0 aliphatic carbocycles. The van der Waals surface area contributed by atoms with E-state index < -0.39 is 0 Å². The van der Waals surface area contributed by atoms with Gasteiger partial charge in [0.25, 0.3) is 0 Å². The van der Waals surface area contributed by atoms with E-state index in [-0.39, 0.29) is 5.91 Å². The molecule has 5 heteroatoms. The zero-order valence-corrected chi connectivity index (χ0v) is 15.1. The quantitative estimate of drug-likeness (QED) is 0.500. The maximum Gasteiger partial charge on any atom is 0.220 e. The van der Waals surface area contributed by atoms with Gasteiger partial charge in [0.05, 0.1) is 6.10 Å². The SMILES string of the molecule is CC(C)OCCCSCCCCCC(=O)NCCN(C)C. The second-order valence-electron chi connectivity index (χ2n) is 5.85. The Morgan fingerprint density at radius 1 is 1.14 bits per heavy atom. The van der Waals surface area contributed by atoms with Crippen LogP contribution in [-0.4, -0.2) is 62.2 Å². The van der Waals surface area contributed by atoms with Crippen molar-refractivity contribution in [3.63, 3.8) is 0 Å². The lowest BCUT2D eigenvalue weighted by molar-refractivity contribution is -0.121. The van der Waals surface area contributed by atoms with Crippen molar-refractivity contribution in [2.75, 3.05) is 45.3 Å². The fourth-order valence-electron chi connectivity index (χ4n) is 1.76. The maximum absolute atomic E-state index is 11.5. The molecule has 126 valence electrons. The van der Waals surface area contributed by atoms with Crippen LogP contribution in [-0.2, 0) is 9.53 Å². The first-order chi connectivity index (χ1) is 10.0. The van der Waals surface area contributed by atoms with Crippen molar-refractivity contribution in [2.45, 2.75) is 52.1 Å².